The Kier molecular flexibility index (Phi) is 2.52. The lowest BCUT2D eigenvalue weighted by molar-refractivity contribution is 0.890. The van der Waals surface area contributed by atoms with Crippen LogP contribution in [0.5, 0.6) is 0 Å². The summed E-state index contributed by atoms with van der Waals surface area (Å²) in [5.41, 5.74) is 4.31. The lowest BCUT2D eigenvalue weighted by Gasteiger charge is -1.97. The Morgan fingerprint density at radius 3 is 2.55 bits per heavy atom. The minimum absolute atomic E-state index is 0.874. The van der Waals surface area contributed by atoms with Crippen molar-refractivity contribution >= 4 is 21.9 Å². The first-order chi connectivity index (χ1) is 9.88. The normalized spacial score (nSPS) is 11.4. The topological polar surface area (TPSA) is 57.4 Å². The Hall–Kier alpha value is -2.62. The van der Waals surface area contributed by atoms with E-state index >= 15 is 0 Å². The van der Waals surface area contributed by atoms with Crippen LogP contribution in [-0.2, 0) is 12.8 Å². The zero-order chi connectivity index (χ0) is 13.4. The number of aromatic nitrogens is 4. The van der Waals surface area contributed by atoms with E-state index in [1.807, 2.05) is 18.3 Å². The number of rotatable bonds is 3. The number of fused-ring (bicyclic) bond motifs is 2. The minimum atomic E-state index is 0.874. The molecule has 0 amide bonds. The molecule has 4 rings (SSSR count). The zero-order valence-electron chi connectivity index (χ0n) is 10.9. The summed E-state index contributed by atoms with van der Waals surface area (Å²) in [5.74, 6) is 0.917. The first-order valence-corrected chi connectivity index (χ1v) is 6.74. The molecule has 2 aromatic carbocycles. The molecule has 0 aliphatic rings. The van der Waals surface area contributed by atoms with Gasteiger partial charge in [-0.3, -0.25) is 0 Å². The number of aromatic amines is 2. The van der Waals surface area contributed by atoms with Crippen molar-refractivity contribution in [1.82, 2.24) is 20.2 Å². The molecule has 0 fully saturated rings. The SMILES string of the molecule is c1ccc(CCc2nc3cc4c[nH][nH]c4cc3n2)cc1. The first kappa shape index (κ1) is 11.2. The molecule has 2 N–H and O–H groups in total. The van der Waals surface area contributed by atoms with Crippen LogP contribution >= 0.6 is 0 Å². The summed E-state index contributed by atoms with van der Waals surface area (Å²) >= 11 is 0. The van der Waals surface area contributed by atoms with Crippen LogP contribution in [0.1, 0.15) is 11.4 Å². The lowest BCUT2D eigenvalue weighted by Crippen LogP contribution is -1.92. The molecule has 0 bridgehead atoms. The van der Waals surface area contributed by atoms with Gasteiger partial charge in [0.05, 0.1) is 16.6 Å². The number of hydrogen-bond acceptors (Lipinski definition) is 2. The Bertz CT molecular complexity index is 810. The highest BCUT2D eigenvalue weighted by Gasteiger charge is 2.07. The summed E-state index contributed by atoms with van der Waals surface area (Å²) in [6.07, 6.45) is 3.79. The van der Waals surface area contributed by atoms with E-state index in [1.165, 1.54) is 5.56 Å². The van der Waals surface area contributed by atoms with Crippen LogP contribution in [0.3, 0.4) is 0 Å². The van der Waals surface area contributed by atoms with Crippen molar-refractivity contribution in [3.05, 3.63) is 60.0 Å². The van der Waals surface area contributed by atoms with E-state index in [9.17, 15) is 0 Å². The Morgan fingerprint density at radius 2 is 1.70 bits per heavy atom. The van der Waals surface area contributed by atoms with E-state index in [4.69, 9.17) is 0 Å². The quantitative estimate of drug-likeness (QED) is 0.595. The van der Waals surface area contributed by atoms with Crippen molar-refractivity contribution in [2.75, 3.05) is 0 Å². The van der Waals surface area contributed by atoms with Gasteiger partial charge in [-0.15, -0.1) is 0 Å². The van der Waals surface area contributed by atoms with Gasteiger partial charge in [0.1, 0.15) is 5.82 Å². The summed E-state index contributed by atoms with van der Waals surface area (Å²) < 4.78 is 0. The Labute approximate surface area is 115 Å². The van der Waals surface area contributed by atoms with Gasteiger partial charge in [-0.05, 0) is 24.1 Å². The molecule has 98 valence electrons. The fourth-order valence-corrected chi connectivity index (χ4v) is 2.51. The maximum Gasteiger partial charge on any atom is 0.130 e. The molecule has 0 radical (unpaired) electrons. The molecule has 4 heteroatoms. The van der Waals surface area contributed by atoms with E-state index < -0.39 is 0 Å². The van der Waals surface area contributed by atoms with E-state index in [1.54, 1.807) is 0 Å². The second-order valence-corrected chi connectivity index (χ2v) is 4.97. The second-order valence-electron chi connectivity index (χ2n) is 4.97. The van der Waals surface area contributed by atoms with E-state index in [-0.39, 0.29) is 0 Å². The monoisotopic (exact) mass is 262 g/mol. The first-order valence-electron chi connectivity index (χ1n) is 6.74. The standard InChI is InChI=1S/C16H14N4/c1-2-4-11(5-3-1)6-7-16-18-14-8-12-10-17-20-13(12)9-15(14)19-16/h1-5,8-10,17,20H,6-7H2. The molecule has 0 atom stereocenters. The van der Waals surface area contributed by atoms with Gasteiger partial charge in [0, 0.05) is 18.0 Å². The minimum Gasteiger partial charge on any atom is -0.307 e. The maximum absolute atomic E-state index is 4.62. The summed E-state index contributed by atoms with van der Waals surface area (Å²) in [4.78, 5) is 9.23. The summed E-state index contributed by atoms with van der Waals surface area (Å²) in [7, 11) is 0. The molecule has 4 aromatic rings. The van der Waals surface area contributed by atoms with Crippen molar-refractivity contribution < 1.29 is 0 Å². The third-order valence-corrected chi connectivity index (χ3v) is 3.56. The number of benzene rings is 2. The van der Waals surface area contributed by atoms with Gasteiger partial charge in [0.25, 0.3) is 0 Å². The van der Waals surface area contributed by atoms with Crippen LogP contribution in [0.15, 0.2) is 48.7 Å². The van der Waals surface area contributed by atoms with Gasteiger partial charge in [-0.2, -0.15) is 0 Å². The fraction of sp³-hybridized carbons (Fsp3) is 0.125. The van der Waals surface area contributed by atoms with Gasteiger partial charge in [-0.1, -0.05) is 30.3 Å². The maximum atomic E-state index is 4.62. The van der Waals surface area contributed by atoms with E-state index in [0.29, 0.717) is 0 Å². The van der Waals surface area contributed by atoms with Crippen LogP contribution in [-0.4, -0.2) is 20.2 Å². The molecular formula is C16H14N4. The second kappa shape index (κ2) is 4.49. The predicted molar refractivity (Wildman–Crippen MR) is 79.6 cm³/mol. The molecule has 0 aliphatic carbocycles. The molecule has 2 aromatic heterocycles. The third kappa shape index (κ3) is 1.95. The highest BCUT2D eigenvalue weighted by atomic mass is 15.1. The van der Waals surface area contributed by atoms with Crippen LogP contribution in [0.25, 0.3) is 21.9 Å². The number of H-pyrrole nitrogens is 2. The summed E-state index contributed by atoms with van der Waals surface area (Å²) in [6.45, 7) is 0. The van der Waals surface area contributed by atoms with Gasteiger partial charge in [-0.25, -0.2) is 9.97 Å². The van der Waals surface area contributed by atoms with Crippen LogP contribution < -0.4 is 0 Å². The number of hydrogen-bond donors (Lipinski definition) is 2. The fourth-order valence-electron chi connectivity index (χ4n) is 2.51. The van der Waals surface area contributed by atoms with E-state index in [0.717, 1.165) is 40.6 Å². The number of imidazole rings is 1. The molecule has 20 heavy (non-hydrogen) atoms. The predicted octanol–water partition coefficient (Wildman–Crippen LogP) is 3.22. The highest BCUT2D eigenvalue weighted by molar-refractivity contribution is 5.92. The largest absolute Gasteiger partial charge is 0.307 e. The Morgan fingerprint density at radius 1 is 0.900 bits per heavy atom. The molecule has 0 spiro atoms. The van der Waals surface area contributed by atoms with Crippen molar-refractivity contribution in [2.45, 2.75) is 12.8 Å². The average Bonchev–Trinajstić information content (AvgIpc) is 3.08. The van der Waals surface area contributed by atoms with Crippen molar-refractivity contribution in [3.8, 4) is 0 Å². The number of aryl methyl sites for hydroxylation is 2. The van der Waals surface area contributed by atoms with Crippen molar-refractivity contribution in [3.63, 3.8) is 0 Å². The van der Waals surface area contributed by atoms with Gasteiger partial charge >= 0.3 is 0 Å². The average molecular weight is 262 g/mol. The molecule has 0 unspecified atom stereocenters. The molecule has 0 saturated heterocycles. The van der Waals surface area contributed by atoms with Crippen LogP contribution in [0.4, 0.5) is 0 Å². The van der Waals surface area contributed by atoms with E-state index in [2.05, 4.69) is 50.5 Å². The number of nitrogens with one attached hydrogen (secondary N) is 2. The van der Waals surface area contributed by atoms with Crippen molar-refractivity contribution in [2.24, 2.45) is 0 Å². The van der Waals surface area contributed by atoms with Gasteiger partial charge in [0.2, 0.25) is 0 Å². The van der Waals surface area contributed by atoms with Crippen molar-refractivity contribution in [1.29, 1.82) is 0 Å². The smallest absolute Gasteiger partial charge is 0.130 e. The Balaban J connectivity index is 1.63. The zero-order valence-corrected chi connectivity index (χ0v) is 10.9. The third-order valence-electron chi connectivity index (χ3n) is 3.56. The molecule has 2 heterocycles. The number of nitrogens with zero attached hydrogens (tertiary/aromatic N) is 2. The molecule has 4 nitrogen and oxygen atoms in total. The molecule has 0 aliphatic heterocycles. The van der Waals surface area contributed by atoms with Gasteiger partial charge in [0.15, 0.2) is 0 Å². The molecular weight excluding hydrogens is 248 g/mol. The van der Waals surface area contributed by atoms with Crippen LogP contribution in [0, 0.1) is 0 Å². The molecule has 0 saturated carbocycles. The lowest BCUT2D eigenvalue weighted by atomic mass is 10.1. The van der Waals surface area contributed by atoms with Crippen LogP contribution in [0.2, 0.25) is 0 Å². The van der Waals surface area contributed by atoms with Gasteiger partial charge < -0.3 is 10.2 Å². The summed E-state index contributed by atoms with van der Waals surface area (Å²) in [6, 6.07) is 14.6. The highest BCUT2D eigenvalue weighted by Crippen LogP contribution is 2.19. The summed E-state index contributed by atoms with van der Waals surface area (Å²) in [5, 5.41) is 7.20.